The minimum Gasteiger partial charge on any atom is -0.457 e. The second-order valence-electron chi connectivity index (χ2n) is 18.7. The van der Waals surface area contributed by atoms with Crippen LogP contribution in [-0.4, -0.2) is 37.0 Å². The van der Waals surface area contributed by atoms with Crippen molar-refractivity contribution in [3.05, 3.63) is 0 Å². The lowest BCUT2D eigenvalue weighted by Gasteiger charge is -2.16. The zero-order valence-corrected chi connectivity index (χ0v) is 40.1. The van der Waals surface area contributed by atoms with Crippen LogP contribution in [0.1, 0.15) is 316 Å². The molecule has 0 amide bonds. The van der Waals surface area contributed by atoms with Gasteiger partial charge in [-0.15, -0.1) is 0 Å². The maximum absolute atomic E-state index is 12.3. The topological polar surface area (TPSA) is 55.8 Å². The van der Waals surface area contributed by atoms with Crippen LogP contribution in [0.5, 0.6) is 0 Å². The number of hydrogen-bond donors (Lipinski definition) is 1. The molecule has 58 heavy (non-hydrogen) atoms. The molecule has 0 fully saturated rings. The van der Waals surface area contributed by atoms with Gasteiger partial charge >= 0.3 is 5.97 Å². The van der Waals surface area contributed by atoms with Gasteiger partial charge in [-0.05, 0) is 12.8 Å². The molecular weight excluding hydrogens is 713 g/mol. The van der Waals surface area contributed by atoms with Crippen molar-refractivity contribution < 1.29 is 19.4 Å². The highest BCUT2D eigenvalue weighted by Crippen LogP contribution is 2.18. The molecule has 0 spiro atoms. The monoisotopic (exact) mass is 821 g/mol. The fourth-order valence-corrected chi connectivity index (χ4v) is 8.63. The van der Waals surface area contributed by atoms with E-state index in [9.17, 15) is 9.90 Å². The van der Waals surface area contributed by atoms with Crippen molar-refractivity contribution in [3.8, 4) is 0 Å². The zero-order valence-electron chi connectivity index (χ0n) is 40.1. The third kappa shape index (κ3) is 49.8. The van der Waals surface area contributed by atoms with E-state index in [4.69, 9.17) is 9.47 Å². The van der Waals surface area contributed by atoms with Gasteiger partial charge in [0.15, 0.2) is 0 Å². The van der Waals surface area contributed by atoms with E-state index in [-0.39, 0.29) is 12.6 Å². The molecule has 1 unspecified atom stereocenters. The lowest BCUT2D eigenvalue weighted by Crippen LogP contribution is -2.27. The third-order valence-corrected chi connectivity index (χ3v) is 12.7. The minimum absolute atomic E-state index is 0.162. The highest BCUT2D eigenvalue weighted by molar-refractivity contribution is 5.69. The maximum Gasteiger partial charge on any atom is 0.306 e. The molecule has 1 N–H and O–H groups in total. The predicted octanol–water partition coefficient (Wildman–Crippen LogP) is 18.3. The maximum atomic E-state index is 12.3. The number of unbranched alkanes of at least 4 members (excludes halogenated alkanes) is 44. The molecule has 0 saturated carbocycles. The first-order valence-electron chi connectivity index (χ1n) is 27.1. The number of rotatable bonds is 52. The lowest BCUT2D eigenvalue weighted by atomic mass is 10.0. The van der Waals surface area contributed by atoms with Gasteiger partial charge in [0.25, 0.3) is 0 Å². The van der Waals surface area contributed by atoms with Crippen molar-refractivity contribution in [1.82, 2.24) is 0 Å². The van der Waals surface area contributed by atoms with Crippen LogP contribution in [0.15, 0.2) is 0 Å². The van der Waals surface area contributed by atoms with E-state index in [0.717, 1.165) is 19.3 Å². The van der Waals surface area contributed by atoms with Gasteiger partial charge in [0, 0.05) is 13.0 Å². The Hall–Kier alpha value is -0.610. The molecule has 348 valence electrons. The third-order valence-electron chi connectivity index (χ3n) is 12.7. The van der Waals surface area contributed by atoms with Crippen molar-refractivity contribution in [3.63, 3.8) is 0 Å². The van der Waals surface area contributed by atoms with E-state index in [1.54, 1.807) is 0 Å². The summed E-state index contributed by atoms with van der Waals surface area (Å²) in [5.74, 6) is -0.189. The number of ether oxygens (including phenoxy) is 2. The van der Waals surface area contributed by atoms with Gasteiger partial charge < -0.3 is 14.6 Å². The molecule has 0 aromatic carbocycles. The molecule has 0 bridgehead atoms. The van der Waals surface area contributed by atoms with Gasteiger partial charge in [-0.2, -0.15) is 0 Å². The molecule has 0 aliphatic carbocycles. The summed E-state index contributed by atoms with van der Waals surface area (Å²) in [6.45, 7) is 5.43. The van der Waals surface area contributed by atoms with E-state index >= 15 is 0 Å². The predicted molar refractivity (Wildman–Crippen MR) is 256 cm³/mol. The number of aliphatic hydroxyl groups is 1. The largest absolute Gasteiger partial charge is 0.457 e. The second kappa shape index (κ2) is 52.5. The minimum atomic E-state index is -0.526. The number of aliphatic hydroxyl groups excluding tert-OH is 1. The average Bonchev–Trinajstić information content (AvgIpc) is 3.23. The van der Waals surface area contributed by atoms with Gasteiger partial charge in [-0.3, -0.25) is 4.79 Å². The first-order valence-corrected chi connectivity index (χ1v) is 27.1. The lowest BCUT2D eigenvalue weighted by molar-refractivity contribution is -0.154. The molecule has 0 rings (SSSR count). The summed E-state index contributed by atoms with van der Waals surface area (Å²) in [5.41, 5.74) is 0. The van der Waals surface area contributed by atoms with Gasteiger partial charge in [0.2, 0.25) is 0 Å². The van der Waals surface area contributed by atoms with Crippen LogP contribution in [0.3, 0.4) is 0 Å². The Balaban J connectivity index is 3.31. The van der Waals surface area contributed by atoms with E-state index in [1.165, 1.54) is 276 Å². The number of carbonyl (C=O) groups is 1. The Bertz CT molecular complexity index is 741. The fraction of sp³-hybridized carbons (Fsp3) is 0.981. The van der Waals surface area contributed by atoms with Crippen molar-refractivity contribution in [2.45, 2.75) is 322 Å². The quantitative estimate of drug-likeness (QED) is 0.0490. The van der Waals surface area contributed by atoms with E-state index in [0.29, 0.717) is 19.6 Å². The molecule has 0 radical (unpaired) electrons. The molecule has 4 heteroatoms. The highest BCUT2D eigenvalue weighted by atomic mass is 16.6. The SMILES string of the molecule is CCCCCCCCCCCCCCCCCCCCCCCCCCC(=O)OC(CO)COCCCCCCCCCCCCCCCCCCCCCCCC. The van der Waals surface area contributed by atoms with Crippen LogP contribution in [0.25, 0.3) is 0 Å². The second-order valence-corrected chi connectivity index (χ2v) is 18.7. The zero-order chi connectivity index (χ0) is 41.9. The summed E-state index contributed by atoms with van der Waals surface area (Å²) in [4.78, 5) is 12.3. The highest BCUT2D eigenvalue weighted by Gasteiger charge is 2.13. The van der Waals surface area contributed by atoms with Crippen molar-refractivity contribution >= 4 is 5.97 Å². The number of esters is 1. The molecule has 0 saturated heterocycles. The smallest absolute Gasteiger partial charge is 0.306 e. The standard InChI is InChI=1S/C54H108O4/c1-3-5-7-9-11-13-15-17-19-21-23-25-27-28-29-31-33-35-37-39-41-43-45-47-49-54(56)58-53(51-55)52-57-50-48-46-44-42-40-38-36-34-32-30-26-24-22-20-18-16-14-12-10-8-6-4-2/h53,55H,3-52H2,1-2H3. The summed E-state index contributed by atoms with van der Waals surface area (Å²) < 4.78 is 11.2. The Morgan fingerprint density at radius 3 is 0.810 bits per heavy atom. The van der Waals surface area contributed by atoms with Crippen molar-refractivity contribution in [2.75, 3.05) is 19.8 Å². The fourth-order valence-electron chi connectivity index (χ4n) is 8.63. The summed E-state index contributed by atoms with van der Waals surface area (Å²) >= 11 is 0. The van der Waals surface area contributed by atoms with Crippen LogP contribution < -0.4 is 0 Å². The summed E-state index contributed by atoms with van der Waals surface area (Å²) in [7, 11) is 0. The first-order chi connectivity index (χ1) is 28.7. The molecule has 0 aromatic heterocycles. The van der Waals surface area contributed by atoms with Crippen LogP contribution in [0.2, 0.25) is 0 Å². The number of carbonyl (C=O) groups excluding carboxylic acids is 1. The van der Waals surface area contributed by atoms with Crippen LogP contribution >= 0.6 is 0 Å². The molecule has 4 nitrogen and oxygen atoms in total. The first kappa shape index (κ1) is 57.4. The van der Waals surface area contributed by atoms with Gasteiger partial charge in [0.05, 0.1) is 13.2 Å². The number of hydrogen-bond acceptors (Lipinski definition) is 4. The van der Waals surface area contributed by atoms with E-state index in [1.807, 2.05) is 0 Å². The molecule has 0 aromatic rings. The van der Waals surface area contributed by atoms with Crippen molar-refractivity contribution in [2.24, 2.45) is 0 Å². The molecule has 0 aliphatic rings. The van der Waals surface area contributed by atoms with Crippen LogP contribution in [0.4, 0.5) is 0 Å². The van der Waals surface area contributed by atoms with E-state index < -0.39 is 6.10 Å². The Labute approximate surface area is 365 Å². The average molecular weight is 821 g/mol. The van der Waals surface area contributed by atoms with Crippen LogP contribution in [0, 0.1) is 0 Å². The molecule has 0 aliphatic heterocycles. The van der Waals surface area contributed by atoms with Crippen molar-refractivity contribution in [1.29, 1.82) is 0 Å². The van der Waals surface area contributed by atoms with E-state index in [2.05, 4.69) is 13.8 Å². The summed E-state index contributed by atoms with van der Waals surface area (Å²) in [6, 6.07) is 0. The molecular formula is C54H108O4. The normalized spacial score (nSPS) is 12.1. The van der Waals surface area contributed by atoms with Crippen LogP contribution in [-0.2, 0) is 14.3 Å². The van der Waals surface area contributed by atoms with Gasteiger partial charge in [-0.1, -0.05) is 296 Å². The summed E-state index contributed by atoms with van der Waals surface area (Å²) in [5, 5.41) is 9.66. The Morgan fingerprint density at radius 1 is 0.345 bits per heavy atom. The molecule has 1 atom stereocenters. The Morgan fingerprint density at radius 2 is 0.569 bits per heavy atom. The Kier molecular flexibility index (Phi) is 52.0. The molecule has 0 heterocycles. The summed E-state index contributed by atoms with van der Waals surface area (Å²) in [6.07, 6.45) is 63.6. The van der Waals surface area contributed by atoms with Gasteiger partial charge in [-0.25, -0.2) is 0 Å². The van der Waals surface area contributed by atoms with Gasteiger partial charge in [0.1, 0.15) is 6.10 Å².